The van der Waals surface area contributed by atoms with Crippen LogP contribution in [0.15, 0.2) is 0 Å². The second-order valence-electron chi connectivity index (χ2n) is 4.15. The number of nitrogens with two attached hydrogens (primary N) is 1. The predicted molar refractivity (Wildman–Crippen MR) is 61.1 cm³/mol. The predicted octanol–water partition coefficient (Wildman–Crippen LogP) is -0.0124. The highest BCUT2D eigenvalue weighted by Crippen LogP contribution is 2.05. The van der Waals surface area contributed by atoms with Crippen LogP contribution in [0.3, 0.4) is 0 Å². The molecule has 0 saturated carbocycles. The smallest absolute Gasteiger partial charge is 0.324 e. The van der Waals surface area contributed by atoms with Crippen molar-refractivity contribution in [1.29, 1.82) is 0 Å². The summed E-state index contributed by atoms with van der Waals surface area (Å²) in [7, 11) is 0. The van der Waals surface area contributed by atoms with Crippen molar-refractivity contribution in [3.8, 4) is 0 Å². The van der Waals surface area contributed by atoms with Crippen molar-refractivity contribution in [2.75, 3.05) is 32.8 Å². The Bertz CT molecular complexity index is 223. The molecule has 0 bridgehead atoms. The monoisotopic (exact) mass is 230 g/mol. The molecule has 16 heavy (non-hydrogen) atoms. The quantitative estimate of drug-likeness (QED) is 0.688. The molecule has 0 aromatic heterocycles. The van der Waals surface area contributed by atoms with Crippen LogP contribution >= 0.6 is 0 Å². The summed E-state index contributed by atoms with van der Waals surface area (Å²) in [5.74, 6) is -0.319. The maximum Gasteiger partial charge on any atom is 0.324 e. The highest BCUT2D eigenvalue weighted by atomic mass is 16.5. The van der Waals surface area contributed by atoms with E-state index in [1.807, 2.05) is 6.92 Å². The van der Waals surface area contributed by atoms with Crippen molar-refractivity contribution in [3.05, 3.63) is 0 Å². The number of rotatable bonds is 4. The zero-order chi connectivity index (χ0) is 12.0. The maximum absolute atomic E-state index is 11.4. The number of carbonyl (C=O) groups excluding carboxylic acids is 1. The van der Waals surface area contributed by atoms with Crippen molar-refractivity contribution < 1.29 is 14.3 Å². The van der Waals surface area contributed by atoms with Crippen LogP contribution in [-0.4, -0.2) is 55.9 Å². The molecule has 0 spiro atoms. The first-order valence-corrected chi connectivity index (χ1v) is 5.89. The largest absolute Gasteiger partial charge is 0.465 e. The van der Waals surface area contributed by atoms with Gasteiger partial charge in [0.2, 0.25) is 0 Å². The van der Waals surface area contributed by atoms with Crippen LogP contribution < -0.4 is 5.73 Å². The topological polar surface area (TPSA) is 64.8 Å². The third-order valence-electron chi connectivity index (χ3n) is 2.58. The van der Waals surface area contributed by atoms with Crippen LogP contribution in [-0.2, 0) is 14.3 Å². The number of ether oxygens (including phenoxy) is 2. The van der Waals surface area contributed by atoms with E-state index in [4.69, 9.17) is 15.2 Å². The van der Waals surface area contributed by atoms with Gasteiger partial charge in [-0.1, -0.05) is 0 Å². The van der Waals surface area contributed by atoms with Crippen molar-refractivity contribution in [2.24, 2.45) is 5.73 Å². The third kappa shape index (κ3) is 4.47. The SMILES string of the molecule is CCOC(=O)C(N)CN1CCCOC(C)C1. The molecule has 2 unspecified atom stereocenters. The molecular weight excluding hydrogens is 208 g/mol. The number of carbonyl (C=O) groups is 1. The Balaban J connectivity index is 2.36. The molecule has 5 nitrogen and oxygen atoms in total. The zero-order valence-corrected chi connectivity index (χ0v) is 10.1. The third-order valence-corrected chi connectivity index (χ3v) is 2.58. The van der Waals surface area contributed by atoms with Crippen LogP contribution in [0, 0.1) is 0 Å². The van der Waals surface area contributed by atoms with E-state index in [0.29, 0.717) is 13.2 Å². The minimum Gasteiger partial charge on any atom is -0.465 e. The van der Waals surface area contributed by atoms with E-state index in [2.05, 4.69) is 4.90 Å². The van der Waals surface area contributed by atoms with Gasteiger partial charge in [0, 0.05) is 26.2 Å². The Morgan fingerprint density at radius 2 is 2.44 bits per heavy atom. The number of nitrogens with zero attached hydrogens (tertiary/aromatic N) is 1. The summed E-state index contributed by atoms with van der Waals surface area (Å²) in [6.45, 7) is 7.29. The van der Waals surface area contributed by atoms with Crippen LogP contribution in [0.4, 0.5) is 0 Å². The van der Waals surface area contributed by atoms with Crippen LogP contribution in [0.25, 0.3) is 0 Å². The highest BCUT2D eigenvalue weighted by molar-refractivity contribution is 5.75. The average Bonchev–Trinajstić information content (AvgIpc) is 2.43. The van der Waals surface area contributed by atoms with Gasteiger partial charge in [0.1, 0.15) is 6.04 Å². The Morgan fingerprint density at radius 1 is 1.69 bits per heavy atom. The fraction of sp³-hybridized carbons (Fsp3) is 0.909. The molecule has 0 radical (unpaired) electrons. The molecule has 1 aliphatic heterocycles. The van der Waals surface area contributed by atoms with Gasteiger partial charge in [-0.25, -0.2) is 0 Å². The van der Waals surface area contributed by atoms with Gasteiger partial charge in [0.25, 0.3) is 0 Å². The maximum atomic E-state index is 11.4. The number of hydrogen-bond acceptors (Lipinski definition) is 5. The van der Waals surface area contributed by atoms with E-state index in [0.717, 1.165) is 26.1 Å². The van der Waals surface area contributed by atoms with Crippen molar-refractivity contribution in [1.82, 2.24) is 4.90 Å². The molecule has 0 amide bonds. The van der Waals surface area contributed by atoms with Gasteiger partial charge in [-0.2, -0.15) is 0 Å². The van der Waals surface area contributed by atoms with Gasteiger partial charge in [-0.3, -0.25) is 9.69 Å². The minimum absolute atomic E-state index is 0.205. The molecule has 1 heterocycles. The van der Waals surface area contributed by atoms with E-state index in [1.54, 1.807) is 6.92 Å². The Hall–Kier alpha value is -0.650. The van der Waals surface area contributed by atoms with Gasteiger partial charge in [0.05, 0.1) is 12.7 Å². The first-order chi connectivity index (χ1) is 7.63. The first-order valence-electron chi connectivity index (χ1n) is 5.89. The zero-order valence-electron chi connectivity index (χ0n) is 10.1. The molecule has 2 N–H and O–H groups in total. The first kappa shape index (κ1) is 13.4. The summed E-state index contributed by atoms with van der Waals surface area (Å²) in [6.07, 6.45) is 1.19. The lowest BCUT2D eigenvalue weighted by atomic mass is 10.2. The Kier molecular flexibility index (Phi) is 5.73. The standard InChI is InChI=1S/C11H22N2O3/c1-3-15-11(14)10(12)8-13-5-4-6-16-9(2)7-13/h9-10H,3-8,12H2,1-2H3. The van der Waals surface area contributed by atoms with E-state index >= 15 is 0 Å². The summed E-state index contributed by atoms with van der Waals surface area (Å²) in [6, 6.07) is -0.551. The van der Waals surface area contributed by atoms with E-state index in [9.17, 15) is 4.79 Å². The van der Waals surface area contributed by atoms with Gasteiger partial charge in [-0.05, 0) is 20.3 Å². The van der Waals surface area contributed by atoms with Crippen LogP contribution in [0.5, 0.6) is 0 Å². The average molecular weight is 230 g/mol. The molecule has 0 aromatic carbocycles. The van der Waals surface area contributed by atoms with Crippen LogP contribution in [0.2, 0.25) is 0 Å². The molecular formula is C11H22N2O3. The minimum atomic E-state index is -0.551. The van der Waals surface area contributed by atoms with E-state index < -0.39 is 6.04 Å². The molecule has 1 fully saturated rings. The van der Waals surface area contributed by atoms with Gasteiger partial charge in [-0.15, -0.1) is 0 Å². The van der Waals surface area contributed by atoms with E-state index in [1.165, 1.54) is 0 Å². The Morgan fingerprint density at radius 3 is 3.12 bits per heavy atom. The summed E-state index contributed by atoms with van der Waals surface area (Å²) in [5.41, 5.74) is 5.77. The fourth-order valence-corrected chi connectivity index (χ4v) is 1.85. The summed E-state index contributed by atoms with van der Waals surface area (Å²) in [4.78, 5) is 13.5. The molecule has 0 aliphatic carbocycles. The normalized spacial score (nSPS) is 24.8. The molecule has 0 aromatic rings. The lowest BCUT2D eigenvalue weighted by molar-refractivity contribution is -0.145. The van der Waals surface area contributed by atoms with Crippen molar-refractivity contribution in [3.63, 3.8) is 0 Å². The molecule has 1 rings (SSSR count). The molecule has 94 valence electrons. The number of esters is 1. The second kappa shape index (κ2) is 6.83. The van der Waals surface area contributed by atoms with Crippen molar-refractivity contribution >= 4 is 5.97 Å². The van der Waals surface area contributed by atoms with Gasteiger partial charge in [0.15, 0.2) is 0 Å². The highest BCUT2D eigenvalue weighted by Gasteiger charge is 2.21. The summed E-state index contributed by atoms with van der Waals surface area (Å²) in [5, 5.41) is 0. The number of hydrogen-bond donors (Lipinski definition) is 1. The van der Waals surface area contributed by atoms with E-state index in [-0.39, 0.29) is 12.1 Å². The molecule has 1 aliphatic rings. The summed E-state index contributed by atoms with van der Waals surface area (Å²) >= 11 is 0. The summed E-state index contributed by atoms with van der Waals surface area (Å²) < 4.78 is 10.4. The fourth-order valence-electron chi connectivity index (χ4n) is 1.85. The molecule has 1 saturated heterocycles. The van der Waals surface area contributed by atoms with Gasteiger partial charge < -0.3 is 15.2 Å². The molecule has 5 heteroatoms. The lowest BCUT2D eigenvalue weighted by Crippen LogP contribution is -2.45. The van der Waals surface area contributed by atoms with Crippen LogP contribution in [0.1, 0.15) is 20.3 Å². The second-order valence-corrected chi connectivity index (χ2v) is 4.15. The lowest BCUT2D eigenvalue weighted by Gasteiger charge is -2.24. The van der Waals surface area contributed by atoms with Gasteiger partial charge >= 0.3 is 5.97 Å². The van der Waals surface area contributed by atoms with Crippen molar-refractivity contribution in [2.45, 2.75) is 32.4 Å². The molecule has 2 atom stereocenters. The Labute approximate surface area is 96.9 Å².